The van der Waals surface area contributed by atoms with E-state index in [1.54, 1.807) is 0 Å². The third kappa shape index (κ3) is 67.9. The van der Waals surface area contributed by atoms with Gasteiger partial charge in [-0.1, -0.05) is 406 Å². The fourth-order valence-corrected chi connectivity index (χ4v) is 12.4. The molecule has 6 heteroatoms. The van der Waals surface area contributed by atoms with Crippen molar-refractivity contribution in [3.8, 4) is 0 Å². The Morgan fingerprint density at radius 1 is 0.296 bits per heavy atom. The van der Waals surface area contributed by atoms with Crippen LogP contribution in [0.1, 0.15) is 444 Å². The van der Waals surface area contributed by atoms with Crippen LogP contribution in [0.15, 0.2) is 0 Å². The van der Waals surface area contributed by atoms with Crippen LogP contribution in [-0.4, -0.2) is 47.4 Å². The Hall–Kier alpha value is -1.14. The van der Waals surface area contributed by atoms with Gasteiger partial charge in [-0.2, -0.15) is 0 Å². The Morgan fingerprint density at radius 2 is 0.506 bits per heavy atom. The highest BCUT2D eigenvalue weighted by atomic mass is 16.5. The fourth-order valence-electron chi connectivity index (χ4n) is 12.4. The normalized spacial score (nSPS) is 12.4. The zero-order valence-electron chi connectivity index (χ0n) is 55.6. The first-order valence-electron chi connectivity index (χ1n) is 37.8. The van der Waals surface area contributed by atoms with Gasteiger partial charge in [0.15, 0.2) is 0 Å². The van der Waals surface area contributed by atoms with Crippen LogP contribution in [-0.2, 0) is 14.3 Å². The van der Waals surface area contributed by atoms with Crippen molar-refractivity contribution in [1.82, 2.24) is 5.32 Å². The lowest BCUT2D eigenvalue weighted by Gasteiger charge is -2.22. The van der Waals surface area contributed by atoms with Gasteiger partial charge < -0.3 is 20.3 Å². The van der Waals surface area contributed by atoms with Gasteiger partial charge in [-0.15, -0.1) is 0 Å². The molecule has 0 rings (SSSR count). The summed E-state index contributed by atoms with van der Waals surface area (Å²) < 4.78 is 5.52. The monoisotopic (exact) mass is 1140 g/mol. The van der Waals surface area contributed by atoms with Gasteiger partial charge in [-0.3, -0.25) is 9.59 Å². The Balaban J connectivity index is 3.32. The largest absolute Gasteiger partial charge is 0.466 e. The summed E-state index contributed by atoms with van der Waals surface area (Å²) in [6.07, 6.45) is 87.4. The van der Waals surface area contributed by atoms with Crippen LogP contribution < -0.4 is 5.32 Å². The van der Waals surface area contributed by atoms with E-state index < -0.39 is 12.1 Å². The first kappa shape index (κ1) is 79.9. The molecule has 0 aromatic carbocycles. The van der Waals surface area contributed by atoms with Gasteiger partial charge in [-0.05, 0) is 25.7 Å². The number of ether oxygens (including phenoxy) is 1. The Labute approximate surface area is 508 Å². The number of amides is 1. The number of aliphatic hydroxyl groups excluding tert-OH is 2. The molecule has 0 aliphatic heterocycles. The zero-order chi connectivity index (χ0) is 58.5. The van der Waals surface area contributed by atoms with Crippen molar-refractivity contribution >= 4 is 11.9 Å². The summed E-state index contributed by atoms with van der Waals surface area (Å²) in [7, 11) is 0. The number of hydrogen-bond acceptors (Lipinski definition) is 5. The quantitative estimate of drug-likeness (QED) is 0.0417. The molecule has 0 fully saturated rings. The van der Waals surface area contributed by atoms with Crippen molar-refractivity contribution in [3.63, 3.8) is 0 Å². The minimum Gasteiger partial charge on any atom is -0.466 e. The molecule has 0 saturated heterocycles. The minimum atomic E-state index is -0.662. The van der Waals surface area contributed by atoms with E-state index in [0.29, 0.717) is 25.9 Å². The molecule has 2 atom stereocenters. The summed E-state index contributed by atoms with van der Waals surface area (Å²) in [6.45, 7) is 5.02. The number of hydrogen-bond donors (Lipinski definition) is 3. The van der Waals surface area contributed by atoms with Gasteiger partial charge in [0.25, 0.3) is 0 Å². The molecule has 0 aliphatic carbocycles. The van der Waals surface area contributed by atoms with Crippen molar-refractivity contribution < 1.29 is 24.5 Å². The summed E-state index contributed by atoms with van der Waals surface area (Å²) in [4.78, 5) is 24.7. The molecule has 0 spiro atoms. The van der Waals surface area contributed by atoms with Crippen LogP contribution in [0.3, 0.4) is 0 Å². The van der Waals surface area contributed by atoms with E-state index >= 15 is 0 Å². The maximum Gasteiger partial charge on any atom is 0.305 e. The van der Waals surface area contributed by atoms with E-state index in [9.17, 15) is 19.8 Å². The molecular formula is C75H149NO5. The maximum atomic E-state index is 12.5. The van der Waals surface area contributed by atoms with Crippen LogP contribution in [0.5, 0.6) is 0 Å². The average molecular weight is 1150 g/mol. The van der Waals surface area contributed by atoms with Crippen LogP contribution in [0, 0.1) is 0 Å². The summed E-state index contributed by atoms with van der Waals surface area (Å²) in [6, 6.07) is -0.539. The minimum absolute atomic E-state index is 0.0241. The number of unbranched alkanes of at least 4 members (excludes halogenated alkanes) is 61. The second kappa shape index (κ2) is 71.3. The Morgan fingerprint density at radius 3 is 0.753 bits per heavy atom. The van der Waals surface area contributed by atoms with Crippen molar-refractivity contribution in [2.75, 3.05) is 13.2 Å². The molecular weight excluding hydrogens is 995 g/mol. The van der Waals surface area contributed by atoms with Gasteiger partial charge in [-0.25, -0.2) is 0 Å². The van der Waals surface area contributed by atoms with E-state index in [-0.39, 0.29) is 18.5 Å². The van der Waals surface area contributed by atoms with Gasteiger partial charge >= 0.3 is 5.97 Å². The third-order valence-corrected chi connectivity index (χ3v) is 18.2. The van der Waals surface area contributed by atoms with Gasteiger partial charge in [0.2, 0.25) is 5.91 Å². The second-order valence-electron chi connectivity index (χ2n) is 26.4. The van der Waals surface area contributed by atoms with Gasteiger partial charge in [0.05, 0.1) is 25.4 Å². The summed E-state index contributed by atoms with van der Waals surface area (Å²) in [5, 5.41) is 23.4. The highest BCUT2D eigenvalue weighted by Crippen LogP contribution is 2.20. The molecule has 1 amide bonds. The van der Waals surface area contributed by atoms with Crippen LogP contribution in [0.2, 0.25) is 0 Å². The molecule has 0 saturated carbocycles. The van der Waals surface area contributed by atoms with Gasteiger partial charge in [0, 0.05) is 12.8 Å². The van der Waals surface area contributed by atoms with E-state index in [1.165, 1.54) is 372 Å². The van der Waals surface area contributed by atoms with Gasteiger partial charge in [0.1, 0.15) is 0 Å². The molecule has 0 radical (unpaired) electrons. The van der Waals surface area contributed by atoms with E-state index in [1.807, 2.05) is 0 Å². The SMILES string of the molecule is CCCCCCCCCCCCCCCCCCCCCC(O)C(CO)NC(=O)CCCCCCCCCCCCCCCCCCCCCCCCCCCCCOC(=O)CCCCCCCCCCCCCCCCCCCC. The first-order valence-corrected chi connectivity index (χ1v) is 37.8. The number of aliphatic hydroxyl groups is 2. The number of carbonyl (C=O) groups is 2. The van der Waals surface area contributed by atoms with E-state index in [2.05, 4.69) is 19.2 Å². The Bertz CT molecular complexity index is 1180. The average Bonchev–Trinajstić information content (AvgIpc) is 3.47. The summed E-state index contributed by atoms with van der Waals surface area (Å²) in [5.74, 6) is -0.00277. The lowest BCUT2D eigenvalue weighted by molar-refractivity contribution is -0.143. The smallest absolute Gasteiger partial charge is 0.305 e. The molecule has 0 bridgehead atoms. The molecule has 0 aromatic heterocycles. The maximum absolute atomic E-state index is 12.5. The number of nitrogens with one attached hydrogen (secondary N) is 1. The van der Waals surface area contributed by atoms with Crippen molar-refractivity contribution in [1.29, 1.82) is 0 Å². The molecule has 2 unspecified atom stereocenters. The zero-order valence-corrected chi connectivity index (χ0v) is 55.6. The van der Waals surface area contributed by atoms with E-state index in [4.69, 9.17) is 4.74 Å². The third-order valence-electron chi connectivity index (χ3n) is 18.2. The first-order chi connectivity index (χ1) is 40.0. The van der Waals surface area contributed by atoms with Crippen LogP contribution in [0.4, 0.5) is 0 Å². The lowest BCUT2D eigenvalue weighted by atomic mass is 10.0. The highest BCUT2D eigenvalue weighted by Gasteiger charge is 2.20. The molecule has 484 valence electrons. The van der Waals surface area contributed by atoms with Crippen molar-refractivity contribution in [2.24, 2.45) is 0 Å². The highest BCUT2D eigenvalue weighted by molar-refractivity contribution is 5.76. The standard InChI is InChI=1S/C75H149NO5/c1-3-5-7-9-11-13-15-17-19-21-32-35-39-43-47-51-55-59-63-67-73(78)72(71-77)76-74(79)68-64-60-56-52-48-44-40-36-33-30-28-26-24-23-25-27-29-31-34-38-42-46-50-54-58-62-66-70-81-75(80)69-65-61-57-53-49-45-41-37-22-20-18-16-14-12-10-8-6-4-2/h72-73,77-78H,3-71H2,1-2H3,(H,76,79). The molecule has 6 nitrogen and oxygen atoms in total. The number of carbonyl (C=O) groups excluding carboxylic acids is 2. The molecule has 3 N–H and O–H groups in total. The topological polar surface area (TPSA) is 95.9 Å². The molecule has 0 aliphatic rings. The lowest BCUT2D eigenvalue weighted by Crippen LogP contribution is -2.45. The summed E-state index contributed by atoms with van der Waals surface area (Å²) >= 11 is 0. The molecule has 0 aromatic rings. The van der Waals surface area contributed by atoms with Crippen molar-refractivity contribution in [2.45, 2.75) is 456 Å². The van der Waals surface area contributed by atoms with Crippen LogP contribution >= 0.6 is 0 Å². The number of esters is 1. The predicted molar refractivity (Wildman–Crippen MR) is 357 cm³/mol. The molecule has 81 heavy (non-hydrogen) atoms. The fraction of sp³-hybridized carbons (Fsp3) is 0.973. The molecule has 0 heterocycles. The van der Waals surface area contributed by atoms with Crippen LogP contribution in [0.25, 0.3) is 0 Å². The second-order valence-corrected chi connectivity index (χ2v) is 26.4. The summed E-state index contributed by atoms with van der Waals surface area (Å²) in [5.41, 5.74) is 0. The Kier molecular flexibility index (Phi) is 70.3. The number of rotatable bonds is 72. The van der Waals surface area contributed by atoms with Crippen molar-refractivity contribution in [3.05, 3.63) is 0 Å². The van der Waals surface area contributed by atoms with E-state index in [0.717, 1.165) is 38.5 Å². The predicted octanol–water partition coefficient (Wildman–Crippen LogP) is 24.5.